The van der Waals surface area contributed by atoms with Gasteiger partial charge in [0.1, 0.15) is 0 Å². The average Bonchev–Trinajstić information content (AvgIpc) is 2.22. The maximum atomic E-state index is 11.8. The minimum Gasteiger partial charge on any atom is -0.316 e. The van der Waals surface area contributed by atoms with Crippen molar-refractivity contribution in [3.63, 3.8) is 0 Å². The van der Waals surface area contributed by atoms with E-state index in [1.165, 1.54) is 0 Å². The molecule has 0 aliphatic carbocycles. The predicted molar refractivity (Wildman–Crippen MR) is 75.0 cm³/mol. The first-order chi connectivity index (χ1) is 7.81. The molecule has 17 heavy (non-hydrogen) atoms. The fourth-order valence-electron chi connectivity index (χ4n) is 1.69. The Labute approximate surface area is 107 Å². The van der Waals surface area contributed by atoms with Gasteiger partial charge in [-0.15, -0.1) is 0 Å². The molecule has 0 aliphatic rings. The Bertz CT molecular complexity index is 284. The monoisotopic (exact) mass is 263 g/mol. The zero-order valence-electron chi connectivity index (χ0n) is 12.0. The lowest BCUT2D eigenvalue weighted by Gasteiger charge is -2.21. The van der Waals surface area contributed by atoms with Crippen LogP contribution in [-0.4, -0.2) is 32.5 Å². The predicted octanol–water partition coefficient (Wildman–Crippen LogP) is 2.47. The summed E-state index contributed by atoms with van der Waals surface area (Å²) in [7, 11) is -2.89. The molecule has 1 N–H and O–H groups in total. The Balaban J connectivity index is 4.18. The van der Waals surface area contributed by atoms with Crippen molar-refractivity contribution < 1.29 is 8.42 Å². The zero-order chi connectivity index (χ0) is 13.5. The molecule has 0 fully saturated rings. The van der Waals surface area contributed by atoms with Gasteiger partial charge >= 0.3 is 0 Å². The molecule has 0 radical (unpaired) electrons. The molecule has 0 heterocycles. The molecule has 0 saturated heterocycles. The van der Waals surface area contributed by atoms with Crippen molar-refractivity contribution in [3.8, 4) is 0 Å². The van der Waals surface area contributed by atoms with Gasteiger partial charge in [0.15, 0.2) is 9.84 Å². The molecule has 0 saturated carbocycles. The molecule has 0 amide bonds. The molecule has 3 nitrogen and oxygen atoms in total. The summed E-state index contributed by atoms with van der Waals surface area (Å²) >= 11 is 0. The van der Waals surface area contributed by atoms with E-state index in [0.29, 0.717) is 17.6 Å². The molecule has 0 spiro atoms. The van der Waals surface area contributed by atoms with Crippen LogP contribution < -0.4 is 5.32 Å². The summed E-state index contributed by atoms with van der Waals surface area (Å²) in [6.07, 6.45) is 1.89. The van der Waals surface area contributed by atoms with E-state index in [0.717, 1.165) is 25.9 Å². The summed E-state index contributed by atoms with van der Waals surface area (Å²) in [5.41, 5.74) is 0. The molecule has 0 rings (SSSR count). The van der Waals surface area contributed by atoms with Crippen molar-refractivity contribution in [1.82, 2.24) is 5.32 Å². The van der Waals surface area contributed by atoms with E-state index >= 15 is 0 Å². The summed E-state index contributed by atoms with van der Waals surface area (Å²) < 4.78 is 23.5. The molecule has 0 aromatic heterocycles. The van der Waals surface area contributed by atoms with Crippen LogP contribution in [0.15, 0.2) is 0 Å². The Morgan fingerprint density at radius 1 is 1.12 bits per heavy atom. The van der Waals surface area contributed by atoms with Crippen molar-refractivity contribution in [2.75, 3.05) is 18.8 Å². The molecule has 1 unspecified atom stereocenters. The standard InChI is InChI=1S/C13H29NO2S/c1-6-8-14-10-13(11(2)3)7-9-17(15,16)12(4)5/h11-14H,6-10H2,1-5H3. The minimum atomic E-state index is -2.89. The van der Waals surface area contributed by atoms with Crippen LogP contribution in [0.3, 0.4) is 0 Å². The Kier molecular flexibility index (Phi) is 8.05. The fraction of sp³-hybridized carbons (Fsp3) is 1.00. The molecule has 0 aromatic carbocycles. The van der Waals surface area contributed by atoms with Crippen molar-refractivity contribution in [2.45, 2.75) is 52.7 Å². The van der Waals surface area contributed by atoms with E-state index in [9.17, 15) is 8.42 Å². The van der Waals surface area contributed by atoms with Crippen molar-refractivity contribution >= 4 is 9.84 Å². The van der Waals surface area contributed by atoms with Gasteiger partial charge in [-0.2, -0.15) is 0 Å². The van der Waals surface area contributed by atoms with Gasteiger partial charge in [-0.1, -0.05) is 20.8 Å². The summed E-state index contributed by atoms with van der Waals surface area (Å²) in [6, 6.07) is 0. The Hall–Kier alpha value is -0.0900. The molecule has 0 aromatic rings. The molecule has 0 bridgehead atoms. The first-order valence-corrected chi connectivity index (χ1v) is 8.45. The largest absolute Gasteiger partial charge is 0.316 e. The summed E-state index contributed by atoms with van der Waals surface area (Å²) in [5, 5.41) is 3.14. The van der Waals surface area contributed by atoms with Crippen LogP contribution in [0.5, 0.6) is 0 Å². The topological polar surface area (TPSA) is 46.2 Å². The number of rotatable bonds is 9. The van der Waals surface area contributed by atoms with E-state index < -0.39 is 9.84 Å². The smallest absolute Gasteiger partial charge is 0.152 e. The molecular formula is C13H29NO2S. The first kappa shape index (κ1) is 16.9. The maximum Gasteiger partial charge on any atom is 0.152 e. The quantitative estimate of drug-likeness (QED) is 0.650. The average molecular weight is 263 g/mol. The van der Waals surface area contributed by atoms with Gasteiger partial charge in [-0.05, 0) is 51.6 Å². The molecule has 0 aliphatic heterocycles. The zero-order valence-corrected chi connectivity index (χ0v) is 12.8. The maximum absolute atomic E-state index is 11.8. The van der Waals surface area contributed by atoms with E-state index in [1.807, 2.05) is 0 Å². The third-order valence-corrected chi connectivity index (χ3v) is 5.51. The van der Waals surface area contributed by atoms with E-state index in [-0.39, 0.29) is 5.25 Å². The SMILES string of the molecule is CCCNCC(CCS(=O)(=O)C(C)C)C(C)C. The second-order valence-electron chi connectivity index (χ2n) is 5.41. The van der Waals surface area contributed by atoms with E-state index in [1.54, 1.807) is 13.8 Å². The van der Waals surface area contributed by atoms with Gasteiger partial charge in [0, 0.05) is 0 Å². The third-order valence-electron chi connectivity index (χ3n) is 3.27. The van der Waals surface area contributed by atoms with Gasteiger partial charge in [0.2, 0.25) is 0 Å². The highest BCUT2D eigenvalue weighted by Gasteiger charge is 2.20. The van der Waals surface area contributed by atoms with Gasteiger partial charge in [-0.3, -0.25) is 0 Å². The fourth-order valence-corrected chi connectivity index (χ4v) is 2.79. The molecular weight excluding hydrogens is 234 g/mol. The second kappa shape index (κ2) is 8.09. The summed E-state index contributed by atoms with van der Waals surface area (Å²) in [5.74, 6) is 1.30. The van der Waals surface area contributed by atoms with Crippen molar-refractivity contribution in [3.05, 3.63) is 0 Å². The summed E-state index contributed by atoms with van der Waals surface area (Å²) in [4.78, 5) is 0. The normalized spacial score (nSPS) is 14.5. The second-order valence-corrected chi connectivity index (χ2v) is 8.09. The minimum absolute atomic E-state index is 0.251. The molecule has 104 valence electrons. The van der Waals surface area contributed by atoms with Crippen LogP contribution >= 0.6 is 0 Å². The van der Waals surface area contributed by atoms with Crippen LogP contribution in [0.1, 0.15) is 47.5 Å². The number of sulfone groups is 1. The summed E-state index contributed by atoms with van der Waals surface area (Å²) in [6.45, 7) is 11.9. The van der Waals surface area contributed by atoms with Gasteiger partial charge in [0.05, 0.1) is 11.0 Å². The van der Waals surface area contributed by atoms with Gasteiger partial charge in [0.25, 0.3) is 0 Å². The van der Waals surface area contributed by atoms with Crippen LogP contribution in [0.25, 0.3) is 0 Å². The van der Waals surface area contributed by atoms with Crippen LogP contribution in [0, 0.1) is 11.8 Å². The number of hydrogen-bond donors (Lipinski definition) is 1. The van der Waals surface area contributed by atoms with Crippen LogP contribution in [0.4, 0.5) is 0 Å². The lowest BCUT2D eigenvalue weighted by atomic mass is 9.93. The first-order valence-electron chi connectivity index (χ1n) is 6.73. The van der Waals surface area contributed by atoms with E-state index in [2.05, 4.69) is 26.1 Å². The molecule has 4 heteroatoms. The highest BCUT2D eigenvalue weighted by atomic mass is 32.2. The third kappa shape index (κ3) is 7.04. The lowest BCUT2D eigenvalue weighted by Crippen LogP contribution is -2.29. The van der Waals surface area contributed by atoms with Crippen LogP contribution in [0.2, 0.25) is 0 Å². The van der Waals surface area contributed by atoms with Crippen molar-refractivity contribution in [1.29, 1.82) is 0 Å². The Morgan fingerprint density at radius 3 is 2.12 bits per heavy atom. The van der Waals surface area contributed by atoms with Crippen LogP contribution in [-0.2, 0) is 9.84 Å². The van der Waals surface area contributed by atoms with Gasteiger partial charge < -0.3 is 5.32 Å². The number of nitrogens with one attached hydrogen (secondary N) is 1. The van der Waals surface area contributed by atoms with E-state index in [4.69, 9.17) is 0 Å². The van der Waals surface area contributed by atoms with Gasteiger partial charge in [-0.25, -0.2) is 8.42 Å². The lowest BCUT2D eigenvalue weighted by molar-refractivity contribution is 0.353. The highest BCUT2D eigenvalue weighted by Crippen LogP contribution is 2.16. The molecule has 1 atom stereocenters. The Morgan fingerprint density at radius 2 is 1.71 bits per heavy atom. The number of hydrogen-bond acceptors (Lipinski definition) is 3. The highest BCUT2D eigenvalue weighted by molar-refractivity contribution is 7.91. The van der Waals surface area contributed by atoms with Crippen molar-refractivity contribution in [2.24, 2.45) is 11.8 Å².